The summed E-state index contributed by atoms with van der Waals surface area (Å²) in [5.74, 6) is 0. The summed E-state index contributed by atoms with van der Waals surface area (Å²) in [5, 5.41) is 15.0. The van der Waals surface area contributed by atoms with Crippen molar-refractivity contribution < 1.29 is 4.74 Å². The van der Waals surface area contributed by atoms with Crippen LogP contribution >= 0.6 is 0 Å². The summed E-state index contributed by atoms with van der Waals surface area (Å²) in [6, 6.07) is 1.20. The van der Waals surface area contributed by atoms with Crippen LogP contribution in [-0.4, -0.2) is 60.5 Å². The Labute approximate surface area is 180 Å². The van der Waals surface area contributed by atoms with Crippen LogP contribution in [0.2, 0.25) is 0 Å². The van der Waals surface area contributed by atoms with Gasteiger partial charge in [-0.3, -0.25) is 0 Å². The Bertz CT molecular complexity index is 425. The van der Waals surface area contributed by atoms with Crippen LogP contribution in [0.15, 0.2) is 0 Å². The minimum Gasteiger partial charge on any atom is -0.381 e. The molecule has 5 nitrogen and oxygen atoms in total. The van der Waals surface area contributed by atoms with Crippen LogP contribution in [0.3, 0.4) is 0 Å². The van der Waals surface area contributed by atoms with E-state index in [1.165, 1.54) is 25.7 Å². The molecule has 0 radical (unpaired) electrons. The maximum Gasteiger partial charge on any atom is 0.0478 e. The van der Waals surface area contributed by atoms with Gasteiger partial charge >= 0.3 is 0 Å². The molecule has 2 heterocycles. The van der Waals surface area contributed by atoms with Gasteiger partial charge in [-0.25, -0.2) is 0 Å². The summed E-state index contributed by atoms with van der Waals surface area (Å²) in [7, 11) is 0. The van der Waals surface area contributed by atoms with Gasteiger partial charge in [0.05, 0.1) is 0 Å². The van der Waals surface area contributed by atoms with Crippen LogP contribution < -0.4 is 21.3 Å². The Morgan fingerprint density at radius 2 is 0.931 bits per heavy atom. The van der Waals surface area contributed by atoms with Crippen LogP contribution in [0.1, 0.15) is 93.9 Å². The second-order valence-electron chi connectivity index (χ2n) is 12.2. The van der Waals surface area contributed by atoms with E-state index in [2.05, 4.69) is 76.7 Å². The van der Waals surface area contributed by atoms with Gasteiger partial charge in [0, 0.05) is 47.5 Å². The molecule has 0 unspecified atom stereocenters. The lowest BCUT2D eigenvalue weighted by Gasteiger charge is -2.46. The van der Waals surface area contributed by atoms with E-state index in [-0.39, 0.29) is 22.2 Å². The number of hydrogen-bond acceptors (Lipinski definition) is 5. The summed E-state index contributed by atoms with van der Waals surface area (Å²) in [4.78, 5) is 0. The van der Waals surface area contributed by atoms with E-state index in [4.69, 9.17) is 4.74 Å². The molecule has 0 amide bonds. The fourth-order valence-corrected chi connectivity index (χ4v) is 6.00. The molecule has 2 saturated heterocycles. The largest absolute Gasteiger partial charge is 0.381 e. The van der Waals surface area contributed by atoms with Gasteiger partial charge < -0.3 is 26.0 Å². The molecule has 0 aliphatic carbocycles. The van der Waals surface area contributed by atoms with Crippen molar-refractivity contribution in [2.75, 3.05) is 26.3 Å². The van der Waals surface area contributed by atoms with Crippen LogP contribution in [0.5, 0.6) is 0 Å². The zero-order valence-corrected chi connectivity index (χ0v) is 20.6. The first kappa shape index (κ1) is 25.1. The molecule has 0 bridgehead atoms. The lowest BCUT2D eigenvalue weighted by molar-refractivity contribution is 0.117. The van der Waals surface area contributed by atoms with E-state index in [1.54, 1.807) is 0 Å². The molecule has 0 aromatic rings. The van der Waals surface area contributed by atoms with Gasteiger partial charge in [0.2, 0.25) is 0 Å². The Kier molecular flexibility index (Phi) is 8.60. The maximum atomic E-state index is 5.87. The smallest absolute Gasteiger partial charge is 0.0478 e. The third-order valence-corrected chi connectivity index (χ3v) is 6.18. The highest BCUT2D eigenvalue weighted by molar-refractivity contribution is 5.00. The standard InChI is InChI=1S/C24H50N4O/c1-21(2)15-19(16-22(3,4)27-21)25-11-9-13-29-14-10-12-26-20-17-23(5,6)28-24(7,8)18-20/h19-20,25-28H,9-18H2,1-8H3. The molecule has 0 atom stereocenters. The van der Waals surface area contributed by atoms with Gasteiger partial charge in [-0.1, -0.05) is 0 Å². The van der Waals surface area contributed by atoms with E-state index in [1.807, 2.05) is 0 Å². The van der Waals surface area contributed by atoms with Crippen molar-refractivity contribution in [1.29, 1.82) is 0 Å². The zero-order chi connectivity index (χ0) is 21.8. The molecule has 172 valence electrons. The second kappa shape index (κ2) is 9.95. The molecular formula is C24H50N4O. The van der Waals surface area contributed by atoms with E-state index >= 15 is 0 Å². The fraction of sp³-hybridized carbons (Fsp3) is 1.00. The average molecular weight is 411 g/mol. The minimum absolute atomic E-state index is 0.210. The maximum absolute atomic E-state index is 5.87. The van der Waals surface area contributed by atoms with Gasteiger partial charge in [-0.15, -0.1) is 0 Å². The van der Waals surface area contributed by atoms with E-state index in [9.17, 15) is 0 Å². The lowest BCUT2D eigenvalue weighted by atomic mass is 9.79. The van der Waals surface area contributed by atoms with Gasteiger partial charge in [-0.05, 0) is 107 Å². The summed E-state index contributed by atoms with van der Waals surface area (Å²) in [6.07, 6.45) is 6.94. The molecular weight excluding hydrogens is 360 g/mol. The Morgan fingerprint density at radius 3 is 1.24 bits per heavy atom. The quantitative estimate of drug-likeness (QED) is 0.415. The summed E-state index contributed by atoms with van der Waals surface area (Å²) in [6.45, 7) is 22.3. The van der Waals surface area contributed by atoms with Gasteiger partial charge in [0.1, 0.15) is 0 Å². The molecule has 0 spiro atoms. The Morgan fingerprint density at radius 1 is 0.621 bits per heavy atom. The third-order valence-electron chi connectivity index (χ3n) is 6.18. The average Bonchev–Trinajstić information content (AvgIpc) is 2.47. The van der Waals surface area contributed by atoms with Crippen molar-refractivity contribution in [2.24, 2.45) is 0 Å². The van der Waals surface area contributed by atoms with Crippen LogP contribution in [0.25, 0.3) is 0 Å². The van der Waals surface area contributed by atoms with Gasteiger partial charge in [0.15, 0.2) is 0 Å². The monoisotopic (exact) mass is 410 g/mol. The number of ether oxygens (including phenoxy) is 1. The molecule has 2 aliphatic rings. The first-order valence-corrected chi connectivity index (χ1v) is 11.9. The Hall–Kier alpha value is -0.200. The molecule has 5 heteroatoms. The van der Waals surface area contributed by atoms with Gasteiger partial charge in [-0.2, -0.15) is 0 Å². The predicted octanol–water partition coefficient (Wildman–Crippen LogP) is 3.58. The SMILES string of the molecule is CC1(C)CC(NCCCOCCCNC2CC(C)(C)NC(C)(C)C2)CC(C)(C)N1. The van der Waals surface area contributed by atoms with Gasteiger partial charge in [0.25, 0.3) is 0 Å². The van der Waals surface area contributed by atoms with Crippen LogP contribution in [0, 0.1) is 0 Å². The van der Waals surface area contributed by atoms with E-state index < -0.39 is 0 Å². The van der Waals surface area contributed by atoms with Crippen LogP contribution in [-0.2, 0) is 4.74 Å². The lowest BCUT2D eigenvalue weighted by Crippen LogP contribution is -2.61. The molecule has 4 N–H and O–H groups in total. The van der Waals surface area contributed by atoms with Crippen LogP contribution in [0.4, 0.5) is 0 Å². The van der Waals surface area contributed by atoms with Crippen molar-refractivity contribution >= 4 is 0 Å². The highest BCUT2D eigenvalue weighted by atomic mass is 16.5. The molecule has 2 rings (SSSR count). The molecule has 2 aliphatic heterocycles. The first-order valence-electron chi connectivity index (χ1n) is 11.9. The molecule has 29 heavy (non-hydrogen) atoms. The van der Waals surface area contributed by atoms with Crippen molar-refractivity contribution in [3.8, 4) is 0 Å². The summed E-state index contributed by atoms with van der Waals surface area (Å²) in [5.41, 5.74) is 0.840. The molecule has 0 saturated carbocycles. The number of nitrogens with one attached hydrogen (secondary N) is 4. The van der Waals surface area contributed by atoms with E-state index in [0.717, 1.165) is 39.1 Å². The number of piperidine rings is 2. The predicted molar refractivity (Wildman–Crippen MR) is 125 cm³/mol. The summed E-state index contributed by atoms with van der Waals surface area (Å²) >= 11 is 0. The van der Waals surface area contributed by atoms with Crippen molar-refractivity contribution in [3.05, 3.63) is 0 Å². The highest BCUT2D eigenvalue weighted by Crippen LogP contribution is 2.29. The Balaban J connectivity index is 1.49. The van der Waals surface area contributed by atoms with Crippen molar-refractivity contribution in [1.82, 2.24) is 21.3 Å². The second-order valence-corrected chi connectivity index (χ2v) is 12.2. The molecule has 0 aromatic heterocycles. The highest BCUT2D eigenvalue weighted by Gasteiger charge is 2.38. The number of hydrogen-bond donors (Lipinski definition) is 4. The molecule has 0 aromatic carbocycles. The van der Waals surface area contributed by atoms with Crippen molar-refractivity contribution in [3.63, 3.8) is 0 Å². The normalized spacial score (nSPS) is 26.5. The minimum atomic E-state index is 0.210. The van der Waals surface area contributed by atoms with Crippen molar-refractivity contribution in [2.45, 2.75) is 128 Å². The summed E-state index contributed by atoms with van der Waals surface area (Å²) < 4.78 is 5.87. The number of rotatable bonds is 10. The molecule has 2 fully saturated rings. The fourth-order valence-electron chi connectivity index (χ4n) is 6.00. The van der Waals surface area contributed by atoms with E-state index in [0.29, 0.717) is 12.1 Å². The zero-order valence-electron chi connectivity index (χ0n) is 20.6. The third kappa shape index (κ3) is 9.65. The first-order chi connectivity index (χ1) is 13.3. The topological polar surface area (TPSA) is 57.4 Å².